The van der Waals surface area contributed by atoms with Gasteiger partial charge in [-0.05, 0) is 72.0 Å². The van der Waals surface area contributed by atoms with Crippen molar-refractivity contribution >= 4 is 25.5 Å². The average molecular weight is 368 g/mol. The van der Waals surface area contributed by atoms with E-state index in [1.807, 2.05) is 67.5 Å². The maximum atomic E-state index is 13.2. The molecule has 0 amide bonds. The Kier molecular flexibility index (Phi) is 5.92. The summed E-state index contributed by atoms with van der Waals surface area (Å²) < 4.78 is 36.5. The van der Waals surface area contributed by atoms with E-state index in [0.29, 0.717) is 18.5 Å². The molecule has 1 aliphatic rings. The summed E-state index contributed by atoms with van der Waals surface area (Å²) in [7, 11) is -3.78. The highest BCUT2D eigenvalue weighted by molar-refractivity contribution is 7.62. The van der Waals surface area contributed by atoms with Crippen LogP contribution in [0, 0.1) is 13.8 Å². The number of benzene rings is 1. The van der Waals surface area contributed by atoms with E-state index in [4.69, 9.17) is 18.4 Å². The summed E-state index contributed by atoms with van der Waals surface area (Å²) in [6.07, 6.45) is 0. The summed E-state index contributed by atoms with van der Waals surface area (Å²) in [5, 5.41) is 0.636. The van der Waals surface area contributed by atoms with Gasteiger partial charge in [-0.1, -0.05) is 12.1 Å². The molecule has 1 aromatic rings. The third-order valence-electron chi connectivity index (χ3n) is 4.91. The zero-order valence-corrected chi connectivity index (χ0v) is 17.5. The Balaban J connectivity index is 2.43. The van der Waals surface area contributed by atoms with Crippen LogP contribution in [0.25, 0.3) is 0 Å². The van der Waals surface area contributed by atoms with Crippen molar-refractivity contribution < 1.29 is 22.9 Å². The summed E-state index contributed by atoms with van der Waals surface area (Å²) in [6, 6.07) is 3.91. The smallest absolute Gasteiger partial charge is 0.399 e. The molecular weight excluding hydrogens is 338 g/mol. The second kappa shape index (κ2) is 7.17. The standard InChI is InChI=1S/C18H30BO5P/c1-9-21-25(20,22-10-2)16-13(3)11-15(12-14(16)4)19-23-17(5,6)18(7,8)24-19/h11-12H,9-10H2,1-8H3. The van der Waals surface area contributed by atoms with Crippen LogP contribution in [0.5, 0.6) is 0 Å². The van der Waals surface area contributed by atoms with E-state index in [2.05, 4.69) is 0 Å². The monoisotopic (exact) mass is 368 g/mol. The van der Waals surface area contributed by atoms with Crippen molar-refractivity contribution in [3.8, 4) is 0 Å². The molecule has 0 unspecified atom stereocenters. The molecule has 0 aromatic heterocycles. The van der Waals surface area contributed by atoms with Gasteiger partial charge in [-0.15, -0.1) is 0 Å². The Bertz CT molecular complexity index is 637. The van der Waals surface area contributed by atoms with Crippen LogP contribution in [0.1, 0.15) is 52.7 Å². The van der Waals surface area contributed by atoms with Gasteiger partial charge in [0.1, 0.15) is 0 Å². The number of hydrogen-bond acceptors (Lipinski definition) is 5. The van der Waals surface area contributed by atoms with Gasteiger partial charge in [0, 0.05) is 0 Å². The average Bonchev–Trinajstić information content (AvgIpc) is 2.67. The second-order valence-corrected chi connectivity index (χ2v) is 9.38. The fraction of sp³-hybridized carbons (Fsp3) is 0.667. The molecule has 5 nitrogen and oxygen atoms in total. The molecule has 25 heavy (non-hydrogen) atoms. The first-order valence-corrected chi connectivity index (χ1v) is 10.4. The zero-order chi connectivity index (χ0) is 19.0. The fourth-order valence-corrected chi connectivity index (χ4v) is 5.05. The molecule has 0 radical (unpaired) electrons. The van der Waals surface area contributed by atoms with E-state index in [1.165, 1.54) is 0 Å². The van der Waals surface area contributed by atoms with Gasteiger partial charge in [0.2, 0.25) is 0 Å². The van der Waals surface area contributed by atoms with E-state index < -0.39 is 25.9 Å². The van der Waals surface area contributed by atoms with E-state index in [-0.39, 0.29) is 0 Å². The first kappa shape index (κ1) is 20.7. The van der Waals surface area contributed by atoms with Crippen molar-refractivity contribution in [3.63, 3.8) is 0 Å². The van der Waals surface area contributed by atoms with Gasteiger partial charge in [0.05, 0.1) is 29.7 Å². The molecule has 0 N–H and O–H groups in total. The molecule has 1 fully saturated rings. The Hall–Kier alpha value is -0.645. The van der Waals surface area contributed by atoms with Crippen LogP contribution in [0.4, 0.5) is 0 Å². The van der Waals surface area contributed by atoms with Gasteiger partial charge in [0.25, 0.3) is 0 Å². The van der Waals surface area contributed by atoms with Crippen molar-refractivity contribution in [2.75, 3.05) is 13.2 Å². The van der Waals surface area contributed by atoms with Crippen LogP contribution in [0.15, 0.2) is 12.1 Å². The summed E-state index contributed by atoms with van der Waals surface area (Å²) in [4.78, 5) is 0. The Morgan fingerprint density at radius 1 is 0.960 bits per heavy atom. The van der Waals surface area contributed by atoms with Gasteiger partial charge in [0.15, 0.2) is 0 Å². The molecule has 0 saturated carbocycles. The first-order valence-electron chi connectivity index (χ1n) is 8.84. The molecule has 140 valence electrons. The molecule has 0 bridgehead atoms. The Morgan fingerprint density at radius 3 is 1.72 bits per heavy atom. The predicted octanol–water partition coefficient (Wildman–Crippen LogP) is 3.49. The summed E-state index contributed by atoms with van der Waals surface area (Å²) in [6.45, 7) is 16.2. The molecule has 1 aromatic carbocycles. The quantitative estimate of drug-likeness (QED) is 0.568. The summed E-state index contributed by atoms with van der Waals surface area (Å²) >= 11 is 0. The van der Waals surface area contributed by atoms with Crippen LogP contribution >= 0.6 is 7.60 Å². The lowest BCUT2D eigenvalue weighted by molar-refractivity contribution is 0.00578. The molecule has 7 heteroatoms. The van der Waals surface area contributed by atoms with E-state index >= 15 is 0 Å². The van der Waals surface area contributed by atoms with Crippen molar-refractivity contribution in [2.45, 2.75) is 66.6 Å². The van der Waals surface area contributed by atoms with E-state index in [1.54, 1.807) is 0 Å². The first-order chi connectivity index (χ1) is 11.5. The Morgan fingerprint density at radius 2 is 1.36 bits per heavy atom. The molecule has 0 atom stereocenters. The maximum Gasteiger partial charge on any atom is 0.494 e. The number of rotatable bonds is 6. The van der Waals surface area contributed by atoms with Gasteiger partial charge in [-0.25, -0.2) is 0 Å². The third kappa shape index (κ3) is 3.89. The normalized spacial score (nSPS) is 19.4. The zero-order valence-electron chi connectivity index (χ0n) is 16.6. The minimum atomic E-state index is -3.33. The predicted molar refractivity (Wildman–Crippen MR) is 102 cm³/mol. The minimum Gasteiger partial charge on any atom is -0.399 e. The number of hydrogen-bond donors (Lipinski definition) is 0. The topological polar surface area (TPSA) is 54.0 Å². The van der Waals surface area contributed by atoms with Crippen LogP contribution in [-0.2, 0) is 22.9 Å². The lowest BCUT2D eigenvalue weighted by Crippen LogP contribution is -2.41. The van der Waals surface area contributed by atoms with Crippen LogP contribution in [0.3, 0.4) is 0 Å². The van der Waals surface area contributed by atoms with Gasteiger partial charge in [-0.3, -0.25) is 4.57 Å². The van der Waals surface area contributed by atoms with Crippen LogP contribution < -0.4 is 10.8 Å². The second-order valence-electron chi connectivity index (χ2n) is 7.42. The maximum absolute atomic E-state index is 13.2. The highest BCUT2D eigenvalue weighted by atomic mass is 31.2. The Labute approximate surface area is 152 Å². The minimum absolute atomic E-state index is 0.329. The number of aryl methyl sites for hydroxylation is 2. The van der Waals surface area contributed by atoms with Gasteiger partial charge >= 0.3 is 14.7 Å². The van der Waals surface area contributed by atoms with Crippen molar-refractivity contribution in [3.05, 3.63) is 23.3 Å². The lowest BCUT2D eigenvalue weighted by atomic mass is 9.77. The third-order valence-corrected chi connectivity index (χ3v) is 7.36. The molecule has 2 rings (SSSR count). The fourth-order valence-electron chi connectivity index (χ4n) is 3.04. The van der Waals surface area contributed by atoms with Crippen molar-refractivity contribution in [2.24, 2.45) is 0 Å². The molecular formula is C18H30BO5P. The van der Waals surface area contributed by atoms with Crippen molar-refractivity contribution in [1.29, 1.82) is 0 Å². The van der Waals surface area contributed by atoms with E-state index in [0.717, 1.165) is 16.6 Å². The van der Waals surface area contributed by atoms with E-state index in [9.17, 15) is 4.57 Å². The molecule has 0 spiro atoms. The highest BCUT2D eigenvalue weighted by Gasteiger charge is 2.52. The summed E-state index contributed by atoms with van der Waals surface area (Å²) in [5.41, 5.74) is 1.83. The van der Waals surface area contributed by atoms with Crippen molar-refractivity contribution in [1.82, 2.24) is 0 Å². The SMILES string of the molecule is CCOP(=O)(OCC)c1c(C)cc(B2OC(C)(C)C(C)(C)O2)cc1C. The largest absolute Gasteiger partial charge is 0.494 e. The van der Waals surface area contributed by atoms with Crippen LogP contribution in [-0.4, -0.2) is 31.5 Å². The molecule has 0 aliphatic carbocycles. The van der Waals surface area contributed by atoms with Gasteiger partial charge < -0.3 is 18.4 Å². The van der Waals surface area contributed by atoms with Gasteiger partial charge in [-0.2, -0.15) is 0 Å². The molecule has 1 heterocycles. The summed E-state index contributed by atoms with van der Waals surface area (Å²) in [5.74, 6) is 0. The molecule has 1 saturated heterocycles. The lowest BCUT2D eigenvalue weighted by Gasteiger charge is -2.32. The van der Waals surface area contributed by atoms with Crippen LogP contribution in [0.2, 0.25) is 0 Å². The highest BCUT2D eigenvalue weighted by Crippen LogP contribution is 2.48. The molecule has 1 aliphatic heterocycles.